The molecule has 7 heteroatoms. The zero-order valence-corrected chi connectivity index (χ0v) is 10.8. The molecule has 0 aliphatic heterocycles. The molecule has 0 radical (unpaired) electrons. The van der Waals surface area contributed by atoms with Crippen LogP contribution in [0.2, 0.25) is 4.34 Å². The first-order valence-electron chi connectivity index (χ1n) is 4.46. The third kappa shape index (κ3) is 6.09. The minimum atomic E-state index is -2.84. The summed E-state index contributed by atoms with van der Waals surface area (Å²) < 4.78 is 22.3. The summed E-state index contributed by atoms with van der Waals surface area (Å²) in [4.78, 5) is 4.07. The third-order valence-electron chi connectivity index (χ3n) is 1.67. The van der Waals surface area contributed by atoms with Gasteiger partial charge in [0, 0.05) is 12.8 Å². The molecule has 1 rings (SSSR count). The molecule has 0 amide bonds. The Hall–Kier alpha value is -0.170. The van der Waals surface area contributed by atoms with E-state index < -0.39 is 9.84 Å². The van der Waals surface area contributed by atoms with E-state index in [0.717, 1.165) is 5.01 Å². The molecule has 1 heterocycles. The number of nitrogens with one attached hydrogen (secondary N) is 1. The van der Waals surface area contributed by atoms with Gasteiger partial charge in [0.25, 0.3) is 0 Å². The van der Waals surface area contributed by atoms with E-state index in [2.05, 4.69) is 10.3 Å². The van der Waals surface area contributed by atoms with Gasteiger partial charge < -0.3 is 5.32 Å². The molecule has 0 spiro atoms. The number of halogens is 1. The lowest BCUT2D eigenvalue weighted by Crippen LogP contribution is -2.17. The largest absolute Gasteiger partial charge is 0.310 e. The standard InChI is InChI=1S/C8H13ClN2O2S2/c1-15(12,13)4-2-3-10-6-8-11-5-7(9)14-8/h5,10H,2-4,6H2,1H3. The van der Waals surface area contributed by atoms with Gasteiger partial charge in [0.2, 0.25) is 0 Å². The summed E-state index contributed by atoms with van der Waals surface area (Å²) in [6.07, 6.45) is 3.48. The number of sulfone groups is 1. The number of hydrogen-bond acceptors (Lipinski definition) is 5. The van der Waals surface area contributed by atoms with Crippen molar-refractivity contribution in [3.8, 4) is 0 Å². The molecule has 15 heavy (non-hydrogen) atoms. The van der Waals surface area contributed by atoms with Crippen LogP contribution in [0.4, 0.5) is 0 Å². The van der Waals surface area contributed by atoms with Gasteiger partial charge in [-0.2, -0.15) is 0 Å². The Bertz CT molecular complexity index is 403. The summed E-state index contributed by atoms with van der Waals surface area (Å²) in [5.74, 6) is 0.221. The van der Waals surface area contributed by atoms with Crippen LogP contribution < -0.4 is 5.32 Å². The zero-order valence-electron chi connectivity index (χ0n) is 8.36. The number of aromatic nitrogens is 1. The van der Waals surface area contributed by atoms with Crippen LogP contribution in [-0.4, -0.2) is 32.0 Å². The van der Waals surface area contributed by atoms with Crippen molar-refractivity contribution in [3.05, 3.63) is 15.5 Å². The summed E-state index contributed by atoms with van der Waals surface area (Å²) in [7, 11) is -2.84. The van der Waals surface area contributed by atoms with Crippen molar-refractivity contribution < 1.29 is 8.42 Å². The molecule has 0 bridgehead atoms. The second-order valence-corrected chi connectivity index (χ2v) is 7.22. The highest BCUT2D eigenvalue weighted by molar-refractivity contribution is 7.90. The summed E-state index contributed by atoms with van der Waals surface area (Å²) in [5, 5.41) is 4.03. The fourth-order valence-corrected chi connectivity index (χ4v) is 2.62. The van der Waals surface area contributed by atoms with Crippen LogP contribution in [0.1, 0.15) is 11.4 Å². The Morgan fingerprint density at radius 2 is 2.33 bits per heavy atom. The van der Waals surface area contributed by atoms with Gasteiger partial charge >= 0.3 is 0 Å². The Balaban J connectivity index is 2.12. The first-order chi connectivity index (χ1) is 6.97. The van der Waals surface area contributed by atoms with Crippen molar-refractivity contribution in [1.29, 1.82) is 0 Å². The maximum Gasteiger partial charge on any atom is 0.147 e. The molecule has 0 atom stereocenters. The lowest BCUT2D eigenvalue weighted by atomic mass is 10.5. The minimum Gasteiger partial charge on any atom is -0.310 e. The van der Waals surface area contributed by atoms with E-state index in [-0.39, 0.29) is 5.75 Å². The second kappa shape index (κ2) is 5.79. The summed E-state index contributed by atoms with van der Waals surface area (Å²) in [6, 6.07) is 0. The van der Waals surface area contributed by atoms with Gasteiger partial charge in [0.15, 0.2) is 0 Å². The van der Waals surface area contributed by atoms with E-state index in [1.807, 2.05) is 0 Å². The molecule has 0 aromatic carbocycles. The predicted octanol–water partition coefficient (Wildman–Crippen LogP) is 1.32. The maximum absolute atomic E-state index is 10.8. The monoisotopic (exact) mass is 268 g/mol. The average molecular weight is 269 g/mol. The van der Waals surface area contributed by atoms with E-state index in [1.165, 1.54) is 17.6 Å². The number of hydrogen-bond donors (Lipinski definition) is 1. The van der Waals surface area contributed by atoms with Crippen molar-refractivity contribution in [2.45, 2.75) is 13.0 Å². The van der Waals surface area contributed by atoms with E-state index in [0.29, 0.717) is 23.8 Å². The molecule has 0 saturated carbocycles. The second-order valence-electron chi connectivity index (χ2n) is 3.22. The summed E-state index contributed by atoms with van der Waals surface area (Å²) >= 11 is 7.13. The van der Waals surface area contributed by atoms with Crippen molar-refractivity contribution in [1.82, 2.24) is 10.3 Å². The highest BCUT2D eigenvalue weighted by Crippen LogP contribution is 2.17. The van der Waals surface area contributed by atoms with Crippen LogP contribution in [-0.2, 0) is 16.4 Å². The van der Waals surface area contributed by atoms with Crippen LogP contribution in [0.15, 0.2) is 6.20 Å². The summed E-state index contributed by atoms with van der Waals surface area (Å²) in [6.45, 7) is 1.31. The van der Waals surface area contributed by atoms with E-state index in [9.17, 15) is 8.42 Å². The van der Waals surface area contributed by atoms with Gasteiger partial charge in [0.1, 0.15) is 19.2 Å². The zero-order chi connectivity index (χ0) is 11.3. The fourth-order valence-electron chi connectivity index (χ4n) is 1.02. The molecule has 1 aromatic rings. The Morgan fingerprint density at radius 1 is 1.60 bits per heavy atom. The quantitative estimate of drug-likeness (QED) is 0.791. The van der Waals surface area contributed by atoms with Gasteiger partial charge in [-0.1, -0.05) is 11.6 Å². The van der Waals surface area contributed by atoms with E-state index >= 15 is 0 Å². The molecule has 0 aliphatic rings. The molecule has 0 saturated heterocycles. The SMILES string of the molecule is CS(=O)(=O)CCCNCc1ncc(Cl)s1. The van der Waals surface area contributed by atoms with Gasteiger partial charge in [-0.25, -0.2) is 13.4 Å². The molecule has 0 aliphatic carbocycles. The number of thiazole rings is 1. The smallest absolute Gasteiger partial charge is 0.147 e. The Labute approximate surface area is 98.6 Å². The van der Waals surface area contributed by atoms with Gasteiger partial charge in [-0.15, -0.1) is 11.3 Å². The van der Waals surface area contributed by atoms with Crippen LogP contribution in [0, 0.1) is 0 Å². The van der Waals surface area contributed by atoms with Gasteiger partial charge in [-0.3, -0.25) is 0 Å². The highest BCUT2D eigenvalue weighted by Gasteiger charge is 2.02. The molecule has 0 unspecified atom stereocenters. The molecule has 4 nitrogen and oxygen atoms in total. The third-order valence-corrected chi connectivity index (χ3v) is 3.82. The Morgan fingerprint density at radius 3 is 2.87 bits per heavy atom. The van der Waals surface area contributed by atoms with Crippen LogP contribution >= 0.6 is 22.9 Å². The van der Waals surface area contributed by atoms with Gasteiger partial charge in [-0.05, 0) is 13.0 Å². The average Bonchev–Trinajstić information content (AvgIpc) is 2.49. The lowest BCUT2D eigenvalue weighted by molar-refractivity contribution is 0.594. The van der Waals surface area contributed by atoms with Crippen molar-refractivity contribution in [2.75, 3.05) is 18.6 Å². The number of rotatable bonds is 6. The Kier molecular flexibility index (Phi) is 4.98. The topological polar surface area (TPSA) is 59.1 Å². The normalized spacial score (nSPS) is 11.9. The lowest BCUT2D eigenvalue weighted by Gasteiger charge is -2.01. The van der Waals surface area contributed by atoms with E-state index in [1.54, 1.807) is 6.20 Å². The van der Waals surface area contributed by atoms with Crippen LogP contribution in [0.5, 0.6) is 0 Å². The fraction of sp³-hybridized carbons (Fsp3) is 0.625. The van der Waals surface area contributed by atoms with E-state index in [4.69, 9.17) is 11.6 Å². The van der Waals surface area contributed by atoms with Gasteiger partial charge in [0.05, 0.1) is 11.9 Å². The molecule has 0 fully saturated rings. The molecule has 86 valence electrons. The molecular formula is C8H13ClN2O2S2. The predicted molar refractivity (Wildman–Crippen MR) is 63.2 cm³/mol. The van der Waals surface area contributed by atoms with Crippen LogP contribution in [0.3, 0.4) is 0 Å². The van der Waals surface area contributed by atoms with Crippen molar-refractivity contribution in [3.63, 3.8) is 0 Å². The maximum atomic E-state index is 10.8. The highest BCUT2D eigenvalue weighted by atomic mass is 35.5. The number of nitrogens with zero attached hydrogens (tertiary/aromatic N) is 1. The molecule has 1 N–H and O–H groups in total. The first kappa shape index (κ1) is 12.9. The van der Waals surface area contributed by atoms with Crippen molar-refractivity contribution in [2.24, 2.45) is 0 Å². The first-order valence-corrected chi connectivity index (χ1v) is 7.71. The molecular weight excluding hydrogens is 256 g/mol. The molecule has 1 aromatic heterocycles. The minimum absolute atomic E-state index is 0.221. The van der Waals surface area contributed by atoms with Crippen LogP contribution in [0.25, 0.3) is 0 Å². The van der Waals surface area contributed by atoms with Crippen molar-refractivity contribution >= 4 is 32.8 Å². The summed E-state index contributed by atoms with van der Waals surface area (Å²) in [5.41, 5.74) is 0.